The Kier molecular flexibility index (Phi) is 6.23. The molecule has 1 aliphatic heterocycles. The second-order valence-corrected chi connectivity index (χ2v) is 10.9. The number of allylic oxidation sites excluding steroid dienone is 2. The highest BCUT2D eigenvalue weighted by Crippen LogP contribution is 2.50. The van der Waals surface area contributed by atoms with Crippen LogP contribution in [0.5, 0.6) is 0 Å². The van der Waals surface area contributed by atoms with Gasteiger partial charge < -0.3 is 5.32 Å². The van der Waals surface area contributed by atoms with E-state index < -0.39 is 4.92 Å². The zero-order chi connectivity index (χ0) is 26.5. The van der Waals surface area contributed by atoms with E-state index in [1.165, 1.54) is 24.3 Å². The Balaban J connectivity index is 1.50. The molecule has 8 nitrogen and oxygen atoms in total. The van der Waals surface area contributed by atoms with Gasteiger partial charge in [-0.2, -0.15) is 5.10 Å². The van der Waals surface area contributed by atoms with Gasteiger partial charge in [0, 0.05) is 58.3 Å². The van der Waals surface area contributed by atoms with E-state index in [4.69, 9.17) is 16.7 Å². The van der Waals surface area contributed by atoms with E-state index in [1.54, 1.807) is 4.68 Å². The molecule has 0 fully saturated rings. The average Bonchev–Trinajstić information content (AvgIpc) is 3.16. The summed E-state index contributed by atoms with van der Waals surface area (Å²) in [7, 11) is 0. The number of aryl methyl sites for hydroxylation is 2. The highest BCUT2D eigenvalue weighted by Gasteiger charge is 2.42. The van der Waals surface area contributed by atoms with Gasteiger partial charge in [-0.25, -0.2) is 4.68 Å². The molecule has 0 bridgehead atoms. The Labute approximate surface area is 219 Å². The fourth-order valence-electron chi connectivity index (χ4n) is 5.41. The zero-order valence-corrected chi connectivity index (χ0v) is 21.6. The van der Waals surface area contributed by atoms with Crippen LogP contribution in [-0.4, -0.2) is 26.3 Å². The van der Waals surface area contributed by atoms with Crippen LogP contribution in [0.4, 0.5) is 11.5 Å². The molecule has 0 radical (unpaired) electrons. The lowest BCUT2D eigenvalue weighted by atomic mass is 9.69. The van der Waals surface area contributed by atoms with Crippen LogP contribution < -0.4 is 5.32 Å². The third kappa shape index (κ3) is 4.69. The molecule has 9 heteroatoms. The number of anilines is 1. The zero-order valence-electron chi connectivity index (χ0n) is 20.9. The number of carbonyl (C=O) groups excluding carboxylic acids is 2. The van der Waals surface area contributed by atoms with E-state index in [0.29, 0.717) is 23.6 Å². The van der Waals surface area contributed by atoms with Crippen molar-refractivity contribution in [3.05, 3.63) is 97.3 Å². The quantitative estimate of drug-likeness (QED) is 0.235. The maximum Gasteiger partial charge on any atom is 0.269 e. The Bertz CT molecular complexity index is 1450. The molecule has 0 saturated heterocycles. The monoisotopic (exact) mass is 518 g/mol. The number of halogens is 1. The van der Waals surface area contributed by atoms with Gasteiger partial charge in [-0.05, 0) is 48.6 Å². The van der Waals surface area contributed by atoms with Crippen molar-refractivity contribution in [2.75, 3.05) is 5.32 Å². The van der Waals surface area contributed by atoms with Crippen molar-refractivity contribution < 1.29 is 14.5 Å². The van der Waals surface area contributed by atoms with Gasteiger partial charge in [-0.1, -0.05) is 37.6 Å². The molecule has 2 aromatic carbocycles. The lowest BCUT2D eigenvalue weighted by Gasteiger charge is -2.38. The number of nitrogens with zero attached hydrogens (tertiary/aromatic N) is 3. The van der Waals surface area contributed by atoms with Crippen LogP contribution in [0.2, 0.25) is 5.02 Å². The second kappa shape index (κ2) is 9.27. The standard InChI is InChI=1S/C28H27ClN4O4/c1-16-24-25(18-4-8-19(29)9-5-18)26-21(14-28(2,3)15-23(26)35)30-27(24)32(31-16)13-12-22(34)17-6-10-20(11-7-17)33(36)37/h4-11,25,30H,12-15H2,1-3H3. The van der Waals surface area contributed by atoms with Gasteiger partial charge >= 0.3 is 0 Å². The molecule has 0 spiro atoms. The van der Waals surface area contributed by atoms with E-state index in [-0.39, 0.29) is 35.0 Å². The summed E-state index contributed by atoms with van der Waals surface area (Å²) in [6.07, 6.45) is 1.38. The molecule has 0 amide bonds. The van der Waals surface area contributed by atoms with Crippen molar-refractivity contribution >= 4 is 34.7 Å². The fourth-order valence-corrected chi connectivity index (χ4v) is 5.54. The number of rotatable bonds is 6. The van der Waals surface area contributed by atoms with E-state index in [0.717, 1.165) is 40.3 Å². The minimum atomic E-state index is -0.490. The number of ketones is 2. The van der Waals surface area contributed by atoms with Crippen molar-refractivity contribution in [3.8, 4) is 0 Å². The Morgan fingerprint density at radius 1 is 1.16 bits per heavy atom. The van der Waals surface area contributed by atoms with E-state index in [1.807, 2.05) is 31.2 Å². The molecular weight excluding hydrogens is 492 g/mol. The summed E-state index contributed by atoms with van der Waals surface area (Å²) < 4.78 is 1.80. The minimum absolute atomic E-state index is 0.0557. The highest BCUT2D eigenvalue weighted by atomic mass is 35.5. The molecule has 5 rings (SSSR count). The molecule has 1 unspecified atom stereocenters. The fraction of sp³-hybridized carbons (Fsp3) is 0.321. The van der Waals surface area contributed by atoms with E-state index in [2.05, 4.69) is 19.2 Å². The molecule has 0 saturated carbocycles. The Hall–Kier alpha value is -3.78. The van der Waals surface area contributed by atoms with Crippen molar-refractivity contribution in [1.82, 2.24) is 9.78 Å². The summed E-state index contributed by atoms with van der Waals surface area (Å²) in [5.41, 5.74) is 4.55. The number of nitro groups is 1. The summed E-state index contributed by atoms with van der Waals surface area (Å²) in [5, 5.41) is 19.8. The van der Waals surface area contributed by atoms with Gasteiger partial charge in [0.1, 0.15) is 5.82 Å². The molecule has 2 heterocycles. The van der Waals surface area contributed by atoms with Gasteiger partial charge in [-0.15, -0.1) is 0 Å². The summed E-state index contributed by atoms with van der Waals surface area (Å²) in [4.78, 5) is 36.7. The van der Waals surface area contributed by atoms with Crippen LogP contribution in [-0.2, 0) is 11.3 Å². The first kappa shape index (κ1) is 24.9. The maximum absolute atomic E-state index is 13.4. The highest BCUT2D eigenvalue weighted by molar-refractivity contribution is 6.30. The molecule has 2 aliphatic rings. The number of hydrogen-bond acceptors (Lipinski definition) is 6. The van der Waals surface area contributed by atoms with Crippen LogP contribution in [0.15, 0.2) is 59.8 Å². The SMILES string of the molecule is Cc1nn(CCC(=O)c2ccc([N+](=O)[O-])cc2)c2c1C(c1ccc(Cl)cc1)C1=C(CC(C)(C)CC1=O)N2. The number of carbonyl (C=O) groups is 2. The number of fused-ring (bicyclic) bond motifs is 1. The van der Waals surface area contributed by atoms with Crippen molar-refractivity contribution in [2.45, 2.75) is 52.5 Å². The van der Waals surface area contributed by atoms with Gasteiger partial charge in [0.25, 0.3) is 5.69 Å². The third-order valence-electron chi connectivity index (χ3n) is 7.09. The first-order chi connectivity index (χ1) is 17.5. The summed E-state index contributed by atoms with van der Waals surface area (Å²) in [6, 6.07) is 13.2. The molecule has 3 aromatic rings. The number of nitro benzene ring substituents is 1. The van der Waals surface area contributed by atoms with Gasteiger partial charge in [-0.3, -0.25) is 19.7 Å². The van der Waals surface area contributed by atoms with Crippen molar-refractivity contribution in [1.29, 1.82) is 0 Å². The first-order valence-corrected chi connectivity index (χ1v) is 12.6. The van der Waals surface area contributed by atoms with Crippen LogP contribution in [0.1, 0.15) is 66.2 Å². The maximum atomic E-state index is 13.4. The number of aromatic nitrogens is 2. The Morgan fingerprint density at radius 2 is 1.84 bits per heavy atom. The number of Topliss-reactive ketones (excluding diaryl/α,β-unsaturated/α-hetero) is 2. The summed E-state index contributed by atoms with van der Waals surface area (Å²) in [5.74, 6) is 0.519. The van der Waals surface area contributed by atoms with E-state index in [9.17, 15) is 19.7 Å². The van der Waals surface area contributed by atoms with Crippen molar-refractivity contribution in [2.24, 2.45) is 5.41 Å². The van der Waals surface area contributed by atoms with Crippen LogP contribution in [0, 0.1) is 22.5 Å². The summed E-state index contributed by atoms with van der Waals surface area (Å²) in [6.45, 7) is 6.43. The predicted molar refractivity (Wildman–Crippen MR) is 141 cm³/mol. The number of benzene rings is 2. The first-order valence-electron chi connectivity index (χ1n) is 12.2. The topological polar surface area (TPSA) is 107 Å². The molecule has 1 atom stereocenters. The van der Waals surface area contributed by atoms with Gasteiger partial charge in [0.15, 0.2) is 11.6 Å². The Morgan fingerprint density at radius 3 is 2.49 bits per heavy atom. The molecule has 190 valence electrons. The van der Waals surface area contributed by atoms with Crippen molar-refractivity contribution in [3.63, 3.8) is 0 Å². The van der Waals surface area contributed by atoms with E-state index >= 15 is 0 Å². The lowest BCUT2D eigenvalue weighted by Crippen LogP contribution is -2.34. The number of nitrogens with one attached hydrogen (secondary N) is 1. The number of hydrogen-bond donors (Lipinski definition) is 1. The average molecular weight is 519 g/mol. The second-order valence-electron chi connectivity index (χ2n) is 10.5. The predicted octanol–water partition coefficient (Wildman–Crippen LogP) is 6.23. The normalized spacial score (nSPS) is 18.2. The third-order valence-corrected chi connectivity index (χ3v) is 7.35. The minimum Gasteiger partial charge on any atom is -0.343 e. The van der Waals surface area contributed by atoms with Crippen LogP contribution >= 0.6 is 11.6 Å². The molecule has 1 aromatic heterocycles. The largest absolute Gasteiger partial charge is 0.343 e. The molecule has 1 aliphatic carbocycles. The van der Waals surface area contributed by atoms with Crippen LogP contribution in [0.3, 0.4) is 0 Å². The molecule has 1 N–H and O–H groups in total. The van der Waals surface area contributed by atoms with Crippen LogP contribution in [0.25, 0.3) is 0 Å². The smallest absolute Gasteiger partial charge is 0.269 e. The molecular formula is C28H27ClN4O4. The molecule has 37 heavy (non-hydrogen) atoms. The van der Waals surface area contributed by atoms with Gasteiger partial charge in [0.2, 0.25) is 0 Å². The lowest BCUT2D eigenvalue weighted by molar-refractivity contribution is -0.384. The van der Waals surface area contributed by atoms with Gasteiger partial charge in [0.05, 0.1) is 17.2 Å². The summed E-state index contributed by atoms with van der Waals surface area (Å²) >= 11 is 6.16. The number of non-ortho nitro benzene ring substituents is 1.